The van der Waals surface area contributed by atoms with E-state index in [0.717, 1.165) is 6.42 Å². The van der Waals surface area contributed by atoms with Crippen LogP contribution in [0.15, 0.2) is 23.1 Å². The summed E-state index contributed by atoms with van der Waals surface area (Å²) >= 11 is 1.29. The highest BCUT2D eigenvalue weighted by Crippen LogP contribution is 2.26. The molecule has 1 aliphatic rings. The molecule has 2 unspecified atom stereocenters. The van der Waals surface area contributed by atoms with Crippen molar-refractivity contribution in [2.24, 2.45) is 11.7 Å². The Labute approximate surface area is 146 Å². The van der Waals surface area contributed by atoms with Crippen molar-refractivity contribution in [2.45, 2.75) is 31.2 Å². The van der Waals surface area contributed by atoms with Crippen LogP contribution < -0.4 is 5.73 Å². The molecule has 1 heterocycles. The molecule has 1 aliphatic heterocycles. The number of thioether (sulfide) groups is 1. The molecule has 1 aromatic rings. The number of carbonyl (C=O) groups is 2. The summed E-state index contributed by atoms with van der Waals surface area (Å²) in [5, 5.41) is 0. The molecule has 1 saturated heterocycles. The van der Waals surface area contributed by atoms with Crippen molar-refractivity contribution >= 4 is 35.9 Å². The number of nitrogens with two attached hydrogens (primary N) is 1. The monoisotopic (exact) mass is 360 g/mol. The smallest absolute Gasteiger partial charge is 0.233 e. The number of Topliss-reactive ketones (excluding diaryl/α,β-unsaturated/α-hetero) is 1. The molecule has 2 rings (SSSR count). The second-order valence-electron chi connectivity index (χ2n) is 5.72. The molecule has 0 saturated carbocycles. The zero-order valence-corrected chi connectivity index (χ0v) is 14.9. The Hall–Kier alpha value is -1.11. The van der Waals surface area contributed by atoms with Gasteiger partial charge in [-0.1, -0.05) is 0 Å². The maximum atomic E-state index is 13.7. The predicted octanol–water partition coefficient (Wildman–Crippen LogP) is 2.74. The molecule has 2 atom stereocenters. The van der Waals surface area contributed by atoms with Gasteiger partial charge in [0, 0.05) is 17.5 Å². The van der Waals surface area contributed by atoms with Crippen LogP contribution in [0.4, 0.5) is 4.39 Å². The zero-order valence-electron chi connectivity index (χ0n) is 13.3. The van der Waals surface area contributed by atoms with Crippen molar-refractivity contribution in [3.8, 4) is 0 Å². The number of rotatable bonds is 5. The second-order valence-corrected chi connectivity index (χ2v) is 6.77. The molecule has 0 radical (unpaired) electrons. The lowest BCUT2D eigenvalue weighted by Crippen LogP contribution is -2.35. The van der Waals surface area contributed by atoms with Crippen LogP contribution in [0.1, 0.15) is 30.6 Å². The minimum atomic E-state index is -0.539. The van der Waals surface area contributed by atoms with Gasteiger partial charge in [0.15, 0.2) is 5.78 Å². The normalized spacial score (nSPS) is 20.3. The summed E-state index contributed by atoms with van der Waals surface area (Å²) < 4.78 is 13.7. The number of benzene rings is 1. The maximum absolute atomic E-state index is 13.7. The van der Waals surface area contributed by atoms with Gasteiger partial charge in [-0.05, 0) is 50.9 Å². The molecule has 128 valence electrons. The van der Waals surface area contributed by atoms with Crippen molar-refractivity contribution < 1.29 is 14.0 Å². The number of amides is 1. The van der Waals surface area contributed by atoms with Gasteiger partial charge in [0.05, 0.1) is 11.3 Å². The Kier molecular flexibility index (Phi) is 7.51. The first-order valence-electron chi connectivity index (χ1n) is 7.35. The van der Waals surface area contributed by atoms with Crippen LogP contribution in [0.5, 0.6) is 0 Å². The van der Waals surface area contributed by atoms with E-state index in [4.69, 9.17) is 5.73 Å². The predicted molar refractivity (Wildman–Crippen MR) is 92.7 cm³/mol. The van der Waals surface area contributed by atoms with E-state index < -0.39 is 5.82 Å². The molecular formula is C16H22ClFN2O2S. The lowest BCUT2D eigenvalue weighted by molar-refractivity contribution is -0.128. The van der Waals surface area contributed by atoms with Crippen molar-refractivity contribution in [1.82, 2.24) is 4.90 Å². The topological polar surface area (TPSA) is 63.4 Å². The first-order chi connectivity index (χ1) is 10.4. The van der Waals surface area contributed by atoms with Crippen LogP contribution >= 0.6 is 24.2 Å². The Morgan fingerprint density at radius 2 is 2.13 bits per heavy atom. The Bertz CT molecular complexity index is 585. The van der Waals surface area contributed by atoms with Crippen LogP contribution in [0.2, 0.25) is 0 Å². The fraction of sp³-hybridized carbons (Fsp3) is 0.500. The van der Waals surface area contributed by atoms with Crippen LogP contribution in [-0.4, -0.2) is 41.5 Å². The van der Waals surface area contributed by atoms with E-state index >= 15 is 0 Å². The fourth-order valence-electron chi connectivity index (χ4n) is 2.76. The van der Waals surface area contributed by atoms with Gasteiger partial charge in [-0.3, -0.25) is 9.59 Å². The largest absolute Gasteiger partial charge is 0.339 e. The van der Waals surface area contributed by atoms with Crippen molar-refractivity contribution in [3.05, 3.63) is 29.6 Å². The van der Waals surface area contributed by atoms with Gasteiger partial charge in [-0.15, -0.1) is 24.2 Å². The van der Waals surface area contributed by atoms with Crippen molar-refractivity contribution in [2.75, 3.05) is 18.8 Å². The summed E-state index contributed by atoms with van der Waals surface area (Å²) in [6, 6.07) is 4.66. The van der Waals surface area contributed by atoms with Gasteiger partial charge < -0.3 is 10.6 Å². The molecule has 7 heteroatoms. The first kappa shape index (κ1) is 19.9. The van der Waals surface area contributed by atoms with Crippen LogP contribution in [0, 0.1) is 11.7 Å². The molecule has 2 N–H and O–H groups in total. The third-order valence-corrected chi connectivity index (χ3v) is 4.98. The van der Waals surface area contributed by atoms with Gasteiger partial charge in [-0.2, -0.15) is 0 Å². The van der Waals surface area contributed by atoms with Crippen LogP contribution in [0.3, 0.4) is 0 Å². The van der Waals surface area contributed by atoms with Gasteiger partial charge in [-0.25, -0.2) is 4.39 Å². The first-order valence-corrected chi connectivity index (χ1v) is 8.33. The minimum absolute atomic E-state index is 0. The summed E-state index contributed by atoms with van der Waals surface area (Å²) in [5.41, 5.74) is 5.74. The molecule has 0 bridgehead atoms. The molecule has 23 heavy (non-hydrogen) atoms. The quantitative estimate of drug-likeness (QED) is 0.647. The van der Waals surface area contributed by atoms with Gasteiger partial charge in [0.1, 0.15) is 5.82 Å². The average Bonchev–Trinajstić information content (AvgIpc) is 2.85. The Balaban J connectivity index is 0.00000264. The van der Waals surface area contributed by atoms with Gasteiger partial charge in [0.25, 0.3) is 0 Å². The maximum Gasteiger partial charge on any atom is 0.233 e. The van der Waals surface area contributed by atoms with E-state index in [1.165, 1.54) is 30.8 Å². The number of hydrogen-bond donors (Lipinski definition) is 1. The number of likely N-dealkylation sites (tertiary alicyclic amines) is 1. The van der Waals surface area contributed by atoms with Crippen molar-refractivity contribution in [3.63, 3.8) is 0 Å². The summed E-state index contributed by atoms with van der Waals surface area (Å²) in [4.78, 5) is 26.0. The zero-order chi connectivity index (χ0) is 16.3. The summed E-state index contributed by atoms with van der Waals surface area (Å²) in [6.07, 6.45) is 0.939. The lowest BCUT2D eigenvalue weighted by Gasteiger charge is -2.21. The van der Waals surface area contributed by atoms with E-state index in [2.05, 4.69) is 0 Å². The summed E-state index contributed by atoms with van der Waals surface area (Å²) in [5.74, 6) is -0.159. The van der Waals surface area contributed by atoms with Gasteiger partial charge in [0.2, 0.25) is 5.91 Å². The fourth-order valence-corrected chi connectivity index (χ4v) is 3.57. The van der Waals surface area contributed by atoms with E-state index in [9.17, 15) is 14.0 Å². The molecule has 0 spiro atoms. The standard InChI is InChI=1S/C16H21FN2O2S.ClH/c1-10-5-12(7-18)8-19(10)16(21)9-22-13-3-4-14(11(2)20)15(17)6-13;/h3-4,6,10,12H,5,7-9,18H2,1-2H3;1H. The average molecular weight is 361 g/mol. The van der Waals surface area contributed by atoms with Gasteiger partial charge >= 0.3 is 0 Å². The molecular weight excluding hydrogens is 339 g/mol. The number of carbonyl (C=O) groups excluding carboxylic acids is 2. The highest BCUT2D eigenvalue weighted by Gasteiger charge is 2.31. The summed E-state index contributed by atoms with van der Waals surface area (Å²) in [6.45, 7) is 4.66. The third kappa shape index (κ3) is 4.93. The van der Waals surface area contributed by atoms with E-state index in [-0.39, 0.29) is 41.5 Å². The molecule has 4 nitrogen and oxygen atoms in total. The van der Waals surface area contributed by atoms with Crippen LogP contribution in [0.25, 0.3) is 0 Å². The van der Waals surface area contributed by atoms with E-state index in [0.29, 0.717) is 23.9 Å². The van der Waals surface area contributed by atoms with Crippen LogP contribution in [-0.2, 0) is 4.79 Å². The van der Waals surface area contributed by atoms with E-state index in [1.807, 2.05) is 11.8 Å². The SMILES string of the molecule is CC(=O)c1ccc(SCC(=O)N2CC(CN)CC2C)cc1F.Cl. The highest BCUT2D eigenvalue weighted by atomic mass is 35.5. The lowest BCUT2D eigenvalue weighted by atomic mass is 10.1. The minimum Gasteiger partial charge on any atom is -0.339 e. The number of hydrogen-bond acceptors (Lipinski definition) is 4. The third-order valence-electron chi connectivity index (χ3n) is 4.00. The molecule has 1 fully saturated rings. The number of halogens is 2. The Morgan fingerprint density at radius 3 is 2.65 bits per heavy atom. The number of ketones is 1. The van der Waals surface area contributed by atoms with Crippen molar-refractivity contribution in [1.29, 1.82) is 0 Å². The molecule has 0 aliphatic carbocycles. The Morgan fingerprint density at radius 1 is 1.43 bits per heavy atom. The second kappa shape index (κ2) is 8.66. The summed E-state index contributed by atoms with van der Waals surface area (Å²) in [7, 11) is 0. The highest BCUT2D eigenvalue weighted by molar-refractivity contribution is 8.00. The number of nitrogens with zero attached hydrogens (tertiary/aromatic N) is 1. The van der Waals surface area contributed by atoms with E-state index in [1.54, 1.807) is 6.07 Å². The molecule has 1 amide bonds. The molecule has 1 aromatic carbocycles. The molecule has 0 aromatic heterocycles.